The fraction of sp³-hybridized carbons (Fsp3) is 0.500. The largest absolute Gasteiger partial charge is 0.463 e. The van der Waals surface area contributed by atoms with Crippen molar-refractivity contribution in [2.24, 2.45) is 0 Å². The summed E-state index contributed by atoms with van der Waals surface area (Å²) in [7, 11) is -2.09. The summed E-state index contributed by atoms with van der Waals surface area (Å²) in [6.07, 6.45) is 1.12. The van der Waals surface area contributed by atoms with Crippen molar-refractivity contribution in [2.45, 2.75) is 18.6 Å². The van der Waals surface area contributed by atoms with Crippen LogP contribution in [0.2, 0.25) is 0 Å². The summed E-state index contributed by atoms with van der Waals surface area (Å²) in [6, 6.07) is 2.86. The molecule has 16 heavy (non-hydrogen) atoms. The van der Waals surface area contributed by atoms with Gasteiger partial charge in [-0.3, -0.25) is 0 Å². The molecule has 1 aromatic heterocycles. The Kier molecular flexibility index (Phi) is 3.14. The van der Waals surface area contributed by atoms with Gasteiger partial charge in [-0.2, -0.15) is 0 Å². The second-order valence-electron chi connectivity index (χ2n) is 3.94. The van der Waals surface area contributed by atoms with Crippen molar-refractivity contribution < 1.29 is 22.4 Å². The highest BCUT2D eigenvalue weighted by Gasteiger charge is 2.36. The Labute approximate surface area is 94.3 Å². The lowest BCUT2D eigenvalue weighted by molar-refractivity contribution is 0.0562. The number of carbonyl (C=O) groups is 1. The SMILES string of the molecule is COC(=O)c1ccc(C(C)(C)S(C)(=O)=O)o1. The van der Waals surface area contributed by atoms with Crippen LogP contribution in [0.5, 0.6) is 0 Å². The zero-order chi connectivity index (χ0) is 12.6. The summed E-state index contributed by atoms with van der Waals surface area (Å²) in [5.74, 6) is -0.417. The van der Waals surface area contributed by atoms with Gasteiger partial charge in [-0.15, -0.1) is 0 Å². The van der Waals surface area contributed by atoms with Gasteiger partial charge in [0.2, 0.25) is 5.76 Å². The Balaban J connectivity index is 3.17. The van der Waals surface area contributed by atoms with E-state index < -0.39 is 20.6 Å². The summed E-state index contributed by atoms with van der Waals surface area (Å²) in [6.45, 7) is 3.03. The quantitative estimate of drug-likeness (QED) is 0.752. The van der Waals surface area contributed by atoms with E-state index in [1.807, 2.05) is 0 Å². The molecular formula is C10H14O5S. The highest BCUT2D eigenvalue weighted by Crippen LogP contribution is 2.30. The predicted molar refractivity (Wildman–Crippen MR) is 57.9 cm³/mol. The van der Waals surface area contributed by atoms with E-state index in [0.717, 1.165) is 6.26 Å². The molecule has 0 N–H and O–H groups in total. The van der Waals surface area contributed by atoms with Gasteiger partial charge in [0.25, 0.3) is 0 Å². The van der Waals surface area contributed by atoms with Crippen LogP contribution in [0.3, 0.4) is 0 Å². The van der Waals surface area contributed by atoms with Gasteiger partial charge in [0, 0.05) is 6.26 Å². The zero-order valence-electron chi connectivity index (χ0n) is 9.60. The minimum absolute atomic E-state index is 0.00535. The molecular weight excluding hydrogens is 232 g/mol. The fourth-order valence-corrected chi connectivity index (χ4v) is 1.53. The number of rotatable bonds is 3. The van der Waals surface area contributed by atoms with Gasteiger partial charge in [0.15, 0.2) is 9.84 Å². The normalized spacial score (nSPS) is 12.5. The third kappa shape index (κ3) is 2.11. The molecule has 0 fully saturated rings. The molecule has 0 aromatic carbocycles. The van der Waals surface area contributed by atoms with Crippen LogP contribution in [0.1, 0.15) is 30.2 Å². The summed E-state index contributed by atoms with van der Waals surface area (Å²) in [5.41, 5.74) is 0. The molecule has 0 atom stereocenters. The first-order valence-electron chi connectivity index (χ1n) is 4.58. The number of hydrogen-bond acceptors (Lipinski definition) is 5. The lowest BCUT2D eigenvalue weighted by Gasteiger charge is -2.19. The van der Waals surface area contributed by atoms with Crippen molar-refractivity contribution >= 4 is 15.8 Å². The third-order valence-electron chi connectivity index (χ3n) is 2.51. The van der Waals surface area contributed by atoms with E-state index in [4.69, 9.17) is 4.42 Å². The van der Waals surface area contributed by atoms with E-state index in [-0.39, 0.29) is 11.5 Å². The Morgan fingerprint density at radius 3 is 2.38 bits per heavy atom. The Morgan fingerprint density at radius 1 is 1.38 bits per heavy atom. The molecule has 5 nitrogen and oxygen atoms in total. The molecule has 0 unspecified atom stereocenters. The highest BCUT2D eigenvalue weighted by atomic mass is 32.2. The highest BCUT2D eigenvalue weighted by molar-refractivity contribution is 7.91. The molecule has 0 bridgehead atoms. The van der Waals surface area contributed by atoms with Crippen LogP contribution in [0.15, 0.2) is 16.5 Å². The summed E-state index contributed by atoms with van der Waals surface area (Å²) in [5, 5.41) is 0. The molecule has 1 heterocycles. The number of esters is 1. The molecule has 0 amide bonds. The molecule has 0 aliphatic rings. The number of hydrogen-bond donors (Lipinski definition) is 0. The maximum absolute atomic E-state index is 11.5. The predicted octanol–water partition coefficient (Wildman–Crippen LogP) is 1.35. The van der Waals surface area contributed by atoms with E-state index in [2.05, 4.69) is 4.74 Å². The van der Waals surface area contributed by atoms with Gasteiger partial charge >= 0.3 is 5.97 Å². The van der Waals surface area contributed by atoms with E-state index in [1.54, 1.807) is 0 Å². The zero-order valence-corrected chi connectivity index (χ0v) is 10.4. The van der Waals surface area contributed by atoms with E-state index >= 15 is 0 Å². The standard InChI is InChI=1S/C10H14O5S/c1-10(2,16(4,12)13)8-6-5-7(15-8)9(11)14-3/h5-6H,1-4H3. The van der Waals surface area contributed by atoms with Gasteiger partial charge in [0.05, 0.1) is 7.11 Å². The smallest absolute Gasteiger partial charge is 0.373 e. The molecule has 6 heteroatoms. The average molecular weight is 246 g/mol. The van der Waals surface area contributed by atoms with Crippen LogP contribution in [-0.2, 0) is 19.3 Å². The minimum Gasteiger partial charge on any atom is -0.463 e. The lowest BCUT2D eigenvalue weighted by atomic mass is 10.1. The molecule has 0 saturated carbocycles. The fourth-order valence-electron chi connectivity index (χ4n) is 1.05. The van der Waals surface area contributed by atoms with E-state index in [9.17, 15) is 13.2 Å². The van der Waals surface area contributed by atoms with Gasteiger partial charge < -0.3 is 9.15 Å². The van der Waals surface area contributed by atoms with Crippen LogP contribution in [-0.4, -0.2) is 27.8 Å². The molecule has 0 spiro atoms. The molecule has 0 aliphatic carbocycles. The minimum atomic E-state index is -3.32. The van der Waals surface area contributed by atoms with Crippen molar-refractivity contribution in [3.63, 3.8) is 0 Å². The Bertz CT molecular complexity index is 495. The first-order valence-corrected chi connectivity index (χ1v) is 6.47. The van der Waals surface area contributed by atoms with Gasteiger partial charge in [-0.25, -0.2) is 13.2 Å². The number of ether oxygens (including phenoxy) is 1. The monoisotopic (exact) mass is 246 g/mol. The maximum Gasteiger partial charge on any atom is 0.373 e. The third-order valence-corrected chi connectivity index (χ3v) is 4.57. The first-order chi connectivity index (χ1) is 7.20. The maximum atomic E-state index is 11.5. The van der Waals surface area contributed by atoms with Crippen LogP contribution < -0.4 is 0 Å². The number of methoxy groups -OCH3 is 1. The van der Waals surface area contributed by atoms with Crippen LogP contribution in [0.25, 0.3) is 0 Å². The van der Waals surface area contributed by atoms with Crippen molar-refractivity contribution in [2.75, 3.05) is 13.4 Å². The topological polar surface area (TPSA) is 73.6 Å². The second-order valence-corrected chi connectivity index (χ2v) is 6.50. The van der Waals surface area contributed by atoms with Crippen LogP contribution in [0, 0.1) is 0 Å². The lowest BCUT2D eigenvalue weighted by Crippen LogP contribution is -2.27. The van der Waals surface area contributed by atoms with E-state index in [0.29, 0.717) is 0 Å². The van der Waals surface area contributed by atoms with Crippen molar-refractivity contribution in [3.05, 3.63) is 23.7 Å². The molecule has 1 aromatic rings. The molecule has 0 aliphatic heterocycles. The van der Waals surface area contributed by atoms with Gasteiger partial charge in [-0.1, -0.05) is 0 Å². The van der Waals surface area contributed by atoms with Crippen LogP contribution >= 0.6 is 0 Å². The summed E-state index contributed by atoms with van der Waals surface area (Å²) >= 11 is 0. The van der Waals surface area contributed by atoms with Gasteiger partial charge in [-0.05, 0) is 26.0 Å². The number of carbonyl (C=O) groups excluding carboxylic acids is 1. The molecule has 90 valence electrons. The second kappa shape index (κ2) is 3.93. The van der Waals surface area contributed by atoms with Crippen molar-refractivity contribution in [3.8, 4) is 0 Å². The van der Waals surface area contributed by atoms with Crippen molar-refractivity contribution in [1.29, 1.82) is 0 Å². The number of furan rings is 1. The summed E-state index contributed by atoms with van der Waals surface area (Å²) in [4.78, 5) is 11.1. The van der Waals surface area contributed by atoms with Crippen LogP contribution in [0.4, 0.5) is 0 Å². The first kappa shape index (κ1) is 12.8. The Morgan fingerprint density at radius 2 is 1.94 bits per heavy atom. The van der Waals surface area contributed by atoms with Crippen molar-refractivity contribution in [1.82, 2.24) is 0 Å². The molecule has 0 saturated heterocycles. The van der Waals surface area contributed by atoms with E-state index in [1.165, 1.54) is 33.1 Å². The summed E-state index contributed by atoms with van der Waals surface area (Å²) < 4.78 is 31.5. The van der Waals surface area contributed by atoms with Gasteiger partial charge in [0.1, 0.15) is 10.5 Å². The molecule has 0 radical (unpaired) electrons. The average Bonchev–Trinajstić information content (AvgIpc) is 2.64. The Hall–Kier alpha value is -1.30. The molecule has 1 rings (SSSR count). The number of sulfone groups is 1.